The average Bonchev–Trinajstić information content (AvgIpc) is 2.70. The minimum absolute atomic E-state index is 0.195. The van der Waals surface area contributed by atoms with Crippen molar-refractivity contribution >= 4 is 0 Å². The van der Waals surface area contributed by atoms with Gasteiger partial charge >= 0.3 is 0 Å². The molecule has 0 aliphatic heterocycles. The summed E-state index contributed by atoms with van der Waals surface area (Å²) in [6, 6.07) is 16.7. The van der Waals surface area contributed by atoms with Gasteiger partial charge in [0.2, 0.25) is 0 Å². The smallest absolute Gasteiger partial charge is 0.0621 e. The molecule has 0 aromatic heterocycles. The molecular formula is C15H14O. The molecule has 0 saturated heterocycles. The molecule has 0 radical (unpaired) electrons. The highest BCUT2D eigenvalue weighted by Crippen LogP contribution is 2.32. The lowest BCUT2D eigenvalue weighted by Crippen LogP contribution is -2.03. The van der Waals surface area contributed by atoms with Crippen molar-refractivity contribution in [1.29, 1.82) is 0 Å². The van der Waals surface area contributed by atoms with Gasteiger partial charge in [-0.3, -0.25) is 0 Å². The molecule has 0 bridgehead atoms. The van der Waals surface area contributed by atoms with Gasteiger partial charge in [-0.2, -0.15) is 0 Å². The first-order valence-electron chi connectivity index (χ1n) is 5.69. The Balaban J connectivity index is 2.14. The van der Waals surface area contributed by atoms with E-state index in [4.69, 9.17) is 0 Å². The van der Waals surface area contributed by atoms with Crippen molar-refractivity contribution in [3.05, 3.63) is 59.7 Å². The molecule has 1 aliphatic carbocycles. The fourth-order valence-electron chi connectivity index (χ4n) is 2.52. The number of benzene rings is 2. The molecule has 3 rings (SSSR count). The van der Waals surface area contributed by atoms with E-state index in [0.717, 1.165) is 12.8 Å². The Hall–Kier alpha value is -1.60. The first-order valence-corrected chi connectivity index (χ1v) is 5.69. The molecule has 2 aromatic rings. The normalized spacial score (nSPS) is 18.4. The Bertz CT molecular complexity index is 502. The number of hydrogen-bond acceptors (Lipinski definition) is 1. The van der Waals surface area contributed by atoms with E-state index in [1.165, 1.54) is 22.3 Å². The molecular weight excluding hydrogens is 196 g/mol. The van der Waals surface area contributed by atoms with Gasteiger partial charge in [0.05, 0.1) is 6.10 Å². The number of fused-ring (bicyclic) bond motifs is 1. The molecule has 0 amide bonds. The second kappa shape index (κ2) is 3.76. The second-order valence-electron chi connectivity index (χ2n) is 4.37. The Morgan fingerprint density at radius 3 is 2.50 bits per heavy atom. The van der Waals surface area contributed by atoms with Crippen LogP contribution in [0.25, 0.3) is 11.1 Å². The SMILES string of the molecule is O[C@@H]1Cc2cccc(-c3ccccc3)c2C1. The fraction of sp³-hybridized carbons (Fsp3) is 0.200. The summed E-state index contributed by atoms with van der Waals surface area (Å²) < 4.78 is 0. The van der Waals surface area contributed by atoms with Crippen molar-refractivity contribution < 1.29 is 5.11 Å². The monoisotopic (exact) mass is 210 g/mol. The number of aliphatic hydroxyl groups excluding tert-OH is 1. The molecule has 0 unspecified atom stereocenters. The predicted molar refractivity (Wildman–Crippen MR) is 65.3 cm³/mol. The minimum atomic E-state index is -0.195. The van der Waals surface area contributed by atoms with Crippen LogP contribution in [0.15, 0.2) is 48.5 Å². The van der Waals surface area contributed by atoms with Crippen LogP contribution < -0.4 is 0 Å². The first kappa shape index (κ1) is 9.61. The highest BCUT2D eigenvalue weighted by atomic mass is 16.3. The Labute approximate surface area is 95.4 Å². The van der Waals surface area contributed by atoms with E-state index in [-0.39, 0.29) is 6.10 Å². The van der Waals surface area contributed by atoms with Crippen LogP contribution in [0.2, 0.25) is 0 Å². The minimum Gasteiger partial charge on any atom is -0.392 e. The van der Waals surface area contributed by atoms with Crippen LogP contribution in [0.5, 0.6) is 0 Å². The summed E-state index contributed by atoms with van der Waals surface area (Å²) in [7, 11) is 0. The van der Waals surface area contributed by atoms with Crippen LogP contribution in [0.4, 0.5) is 0 Å². The zero-order valence-electron chi connectivity index (χ0n) is 9.06. The third-order valence-corrected chi connectivity index (χ3v) is 3.25. The van der Waals surface area contributed by atoms with Gasteiger partial charge in [0, 0.05) is 0 Å². The van der Waals surface area contributed by atoms with E-state index in [1.807, 2.05) is 6.07 Å². The third kappa shape index (κ3) is 1.54. The zero-order chi connectivity index (χ0) is 11.0. The summed E-state index contributed by atoms with van der Waals surface area (Å²) in [5.41, 5.74) is 5.14. The quantitative estimate of drug-likeness (QED) is 0.767. The van der Waals surface area contributed by atoms with Gasteiger partial charge in [0.1, 0.15) is 0 Å². The van der Waals surface area contributed by atoms with Crippen molar-refractivity contribution in [3.63, 3.8) is 0 Å². The Kier molecular flexibility index (Phi) is 2.26. The van der Waals surface area contributed by atoms with Gasteiger partial charge in [0.15, 0.2) is 0 Å². The van der Waals surface area contributed by atoms with Crippen molar-refractivity contribution in [3.8, 4) is 11.1 Å². The lowest BCUT2D eigenvalue weighted by atomic mass is 9.97. The van der Waals surface area contributed by atoms with E-state index in [0.29, 0.717) is 0 Å². The molecule has 1 nitrogen and oxygen atoms in total. The predicted octanol–water partition coefficient (Wildman–Crippen LogP) is 2.81. The summed E-state index contributed by atoms with van der Waals surface area (Å²) in [4.78, 5) is 0. The van der Waals surface area contributed by atoms with Crippen LogP contribution in [0, 0.1) is 0 Å². The summed E-state index contributed by atoms with van der Waals surface area (Å²) >= 11 is 0. The molecule has 80 valence electrons. The van der Waals surface area contributed by atoms with Crippen LogP contribution >= 0.6 is 0 Å². The van der Waals surface area contributed by atoms with Crippen molar-refractivity contribution in [1.82, 2.24) is 0 Å². The second-order valence-corrected chi connectivity index (χ2v) is 4.37. The van der Waals surface area contributed by atoms with E-state index < -0.39 is 0 Å². The van der Waals surface area contributed by atoms with Crippen LogP contribution in [-0.2, 0) is 12.8 Å². The molecule has 2 aromatic carbocycles. The Morgan fingerprint density at radius 2 is 1.69 bits per heavy atom. The summed E-state index contributed by atoms with van der Waals surface area (Å²) in [6.07, 6.45) is 1.40. The lowest BCUT2D eigenvalue weighted by Gasteiger charge is -2.08. The average molecular weight is 210 g/mol. The molecule has 1 heteroatoms. The largest absolute Gasteiger partial charge is 0.392 e. The fourth-order valence-corrected chi connectivity index (χ4v) is 2.52. The zero-order valence-corrected chi connectivity index (χ0v) is 9.06. The van der Waals surface area contributed by atoms with Crippen LogP contribution in [-0.4, -0.2) is 11.2 Å². The Morgan fingerprint density at radius 1 is 0.875 bits per heavy atom. The molecule has 0 spiro atoms. The lowest BCUT2D eigenvalue weighted by molar-refractivity contribution is 0.187. The van der Waals surface area contributed by atoms with E-state index >= 15 is 0 Å². The highest BCUT2D eigenvalue weighted by Gasteiger charge is 2.21. The van der Waals surface area contributed by atoms with Gasteiger partial charge in [-0.05, 0) is 35.1 Å². The maximum Gasteiger partial charge on any atom is 0.0621 e. The van der Waals surface area contributed by atoms with Gasteiger partial charge in [-0.15, -0.1) is 0 Å². The van der Waals surface area contributed by atoms with Crippen LogP contribution in [0.3, 0.4) is 0 Å². The maximum atomic E-state index is 9.72. The topological polar surface area (TPSA) is 20.2 Å². The van der Waals surface area contributed by atoms with Gasteiger partial charge in [-0.1, -0.05) is 48.5 Å². The first-order chi connectivity index (χ1) is 7.84. The number of rotatable bonds is 1. The van der Waals surface area contributed by atoms with Gasteiger partial charge in [-0.25, -0.2) is 0 Å². The van der Waals surface area contributed by atoms with Crippen molar-refractivity contribution in [2.75, 3.05) is 0 Å². The van der Waals surface area contributed by atoms with Gasteiger partial charge in [0.25, 0.3) is 0 Å². The standard InChI is InChI=1S/C15H14O/c16-13-9-12-7-4-8-14(15(12)10-13)11-5-2-1-3-6-11/h1-8,13,16H,9-10H2/t13-/m1/s1. The number of hydrogen-bond donors (Lipinski definition) is 1. The molecule has 1 atom stereocenters. The van der Waals surface area contributed by atoms with Crippen molar-refractivity contribution in [2.45, 2.75) is 18.9 Å². The summed E-state index contributed by atoms with van der Waals surface area (Å²) in [5, 5.41) is 9.72. The molecule has 0 fully saturated rings. The molecule has 0 saturated carbocycles. The van der Waals surface area contributed by atoms with E-state index in [1.54, 1.807) is 0 Å². The van der Waals surface area contributed by atoms with Crippen molar-refractivity contribution in [2.24, 2.45) is 0 Å². The number of aliphatic hydroxyl groups is 1. The van der Waals surface area contributed by atoms with Crippen LogP contribution in [0.1, 0.15) is 11.1 Å². The molecule has 16 heavy (non-hydrogen) atoms. The molecule has 1 N–H and O–H groups in total. The molecule has 1 aliphatic rings. The van der Waals surface area contributed by atoms with E-state index in [2.05, 4.69) is 42.5 Å². The summed E-state index contributed by atoms with van der Waals surface area (Å²) in [6.45, 7) is 0. The molecule has 0 heterocycles. The maximum absolute atomic E-state index is 9.72. The highest BCUT2D eigenvalue weighted by molar-refractivity contribution is 5.69. The third-order valence-electron chi connectivity index (χ3n) is 3.25. The van der Waals surface area contributed by atoms with E-state index in [9.17, 15) is 5.11 Å². The van der Waals surface area contributed by atoms with Gasteiger partial charge < -0.3 is 5.11 Å². The summed E-state index contributed by atoms with van der Waals surface area (Å²) in [5.74, 6) is 0.